The number of rotatable bonds is 4. The Labute approximate surface area is 158 Å². The number of nitrogens with one attached hydrogen (secondary N) is 1. The van der Waals surface area contributed by atoms with Crippen LogP contribution in [0.2, 0.25) is 0 Å². The number of anilines is 1. The molecule has 0 aromatic heterocycles. The number of hydrogen-bond acceptors (Lipinski definition) is 4. The van der Waals surface area contributed by atoms with Crippen molar-refractivity contribution in [1.82, 2.24) is 5.43 Å². The highest BCUT2D eigenvalue weighted by Gasteiger charge is 2.13. The molecule has 1 amide bonds. The number of carbonyl (C=O) groups is 1. The Morgan fingerprint density at radius 3 is 2.67 bits per heavy atom. The maximum atomic E-state index is 13.9. The zero-order valence-electron chi connectivity index (χ0n) is 15.2. The van der Waals surface area contributed by atoms with Gasteiger partial charge in [-0.2, -0.15) is 10.4 Å². The lowest BCUT2D eigenvalue weighted by Gasteiger charge is -2.29. The highest BCUT2D eigenvalue weighted by Crippen LogP contribution is 2.22. The Morgan fingerprint density at radius 1 is 1.22 bits per heavy atom. The van der Waals surface area contributed by atoms with E-state index in [1.165, 1.54) is 37.1 Å². The summed E-state index contributed by atoms with van der Waals surface area (Å²) in [6.45, 7) is 4.16. The molecule has 0 saturated carbocycles. The molecule has 0 aliphatic carbocycles. The Bertz CT molecular complexity index is 911. The van der Waals surface area contributed by atoms with Crippen LogP contribution in [0.15, 0.2) is 41.5 Å². The van der Waals surface area contributed by atoms with Crippen LogP contribution >= 0.6 is 0 Å². The molecule has 138 valence electrons. The fourth-order valence-electron chi connectivity index (χ4n) is 3.14. The lowest BCUT2D eigenvalue weighted by molar-refractivity contribution is 0.0951. The zero-order valence-corrected chi connectivity index (χ0v) is 15.2. The van der Waals surface area contributed by atoms with Crippen LogP contribution in [-0.4, -0.2) is 25.2 Å². The fourth-order valence-corrected chi connectivity index (χ4v) is 3.14. The first-order chi connectivity index (χ1) is 13.1. The highest BCUT2D eigenvalue weighted by molar-refractivity contribution is 5.95. The minimum absolute atomic E-state index is 0.150. The van der Waals surface area contributed by atoms with Crippen LogP contribution in [0.5, 0.6) is 0 Å². The smallest absolute Gasteiger partial charge is 0.274 e. The van der Waals surface area contributed by atoms with Crippen molar-refractivity contribution in [3.63, 3.8) is 0 Å². The number of hydrazone groups is 1. The summed E-state index contributed by atoms with van der Waals surface area (Å²) in [5, 5.41) is 12.7. The predicted octanol–water partition coefficient (Wildman–Crippen LogP) is 3.76. The molecule has 5 nitrogen and oxygen atoms in total. The summed E-state index contributed by atoms with van der Waals surface area (Å²) in [4.78, 5) is 14.4. The molecule has 0 radical (unpaired) electrons. The van der Waals surface area contributed by atoms with Crippen LogP contribution in [0.4, 0.5) is 10.1 Å². The van der Waals surface area contributed by atoms with Gasteiger partial charge in [0, 0.05) is 18.8 Å². The van der Waals surface area contributed by atoms with Crippen LogP contribution in [0.1, 0.15) is 46.3 Å². The van der Waals surface area contributed by atoms with Crippen molar-refractivity contribution in [2.45, 2.75) is 26.2 Å². The van der Waals surface area contributed by atoms with E-state index in [2.05, 4.69) is 27.6 Å². The predicted molar refractivity (Wildman–Crippen MR) is 103 cm³/mol. The summed E-state index contributed by atoms with van der Waals surface area (Å²) >= 11 is 0. The van der Waals surface area contributed by atoms with Crippen molar-refractivity contribution in [3.05, 3.63) is 64.5 Å². The maximum absolute atomic E-state index is 13.9. The van der Waals surface area contributed by atoms with Crippen LogP contribution in [0.3, 0.4) is 0 Å². The molecule has 1 N–H and O–H groups in total. The minimum atomic E-state index is -0.746. The quantitative estimate of drug-likeness (QED) is 0.663. The molecule has 0 unspecified atom stereocenters. The molecule has 0 bridgehead atoms. The Kier molecular flexibility index (Phi) is 5.82. The molecule has 1 aliphatic heterocycles. The average molecular weight is 364 g/mol. The molecule has 27 heavy (non-hydrogen) atoms. The topological polar surface area (TPSA) is 68.5 Å². The van der Waals surface area contributed by atoms with E-state index in [-0.39, 0.29) is 11.1 Å². The molecule has 2 aromatic rings. The van der Waals surface area contributed by atoms with Crippen LogP contribution in [0, 0.1) is 24.1 Å². The normalized spacial score (nSPS) is 14.2. The third-order valence-corrected chi connectivity index (χ3v) is 4.69. The van der Waals surface area contributed by atoms with Crippen LogP contribution < -0.4 is 10.3 Å². The SMILES string of the molecule is Cc1cc(N2CCCCC2)ccc1C=NNC(=O)c1ccc(C#N)cc1F. The van der Waals surface area contributed by atoms with Gasteiger partial charge in [0.25, 0.3) is 5.91 Å². The van der Waals surface area contributed by atoms with E-state index in [4.69, 9.17) is 5.26 Å². The first kappa shape index (κ1) is 18.6. The molecule has 1 fully saturated rings. The molecule has 0 spiro atoms. The summed E-state index contributed by atoms with van der Waals surface area (Å²) in [6, 6.07) is 11.7. The molecule has 2 aromatic carbocycles. The van der Waals surface area contributed by atoms with Gasteiger partial charge in [0.2, 0.25) is 0 Å². The van der Waals surface area contributed by atoms with E-state index in [9.17, 15) is 9.18 Å². The van der Waals surface area contributed by atoms with E-state index in [1.54, 1.807) is 6.21 Å². The molecule has 1 aliphatic rings. The van der Waals surface area contributed by atoms with Gasteiger partial charge in [-0.05, 0) is 67.6 Å². The lowest BCUT2D eigenvalue weighted by Crippen LogP contribution is -2.29. The summed E-state index contributed by atoms with van der Waals surface area (Å²) in [7, 11) is 0. The second-order valence-corrected chi connectivity index (χ2v) is 6.59. The molecule has 3 rings (SSSR count). The van der Waals surface area contributed by atoms with Crippen molar-refractivity contribution >= 4 is 17.8 Å². The van der Waals surface area contributed by atoms with Gasteiger partial charge in [-0.25, -0.2) is 9.82 Å². The average Bonchev–Trinajstić information content (AvgIpc) is 2.69. The Hall–Kier alpha value is -3.20. The summed E-state index contributed by atoms with van der Waals surface area (Å²) in [5.41, 5.74) is 5.49. The first-order valence-electron chi connectivity index (χ1n) is 8.97. The molecule has 0 atom stereocenters. The van der Waals surface area contributed by atoms with Gasteiger partial charge in [-0.15, -0.1) is 0 Å². The highest BCUT2D eigenvalue weighted by atomic mass is 19.1. The van der Waals surface area contributed by atoms with Gasteiger partial charge in [0.1, 0.15) is 5.82 Å². The van der Waals surface area contributed by atoms with Crippen LogP contribution in [0.25, 0.3) is 0 Å². The third-order valence-electron chi connectivity index (χ3n) is 4.69. The third kappa shape index (κ3) is 4.50. The molecular weight excluding hydrogens is 343 g/mol. The molecular formula is C21H21FN4O. The lowest BCUT2D eigenvalue weighted by atomic mass is 10.1. The summed E-state index contributed by atoms with van der Waals surface area (Å²) < 4.78 is 13.9. The Balaban J connectivity index is 1.65. The zero-order chi connectivity index (χ0) is 19.2. The number of amides is 1. The summed E-state index contributed by atoms with van der Waals surface area (Å²) in [6.07, 6.45) is 5.29. The van der Waals surface area contributed by atoms with E-state index in [0.29, 0.717) is 0 Å². The number of aryl methyl sites for hydroxylation is 1. The van der Waals surface area contributed by atoms with Crippen molar-refractivity contribution in [1.29, 1.82) is 5.26 Å². The number of nitrogens with zero attached hydrogens (tertiary/aromatic N) is 3. The maximum Gasteiger partial charge on any atom is 0.274 e. The Morgan fingerprint density at radius 2 is 2.00 bits per heavy atom. The summed E-state index contributed by atoms with van der Waals surface area (Å²) in [5.74, 6) is -1.40. The van der Waals surface area contributed by atoms with E-state index < -0.39 is 11.7 Å². The number of halogens is 1. The van der Waals surface area contributed by atoms with Crippen LogP contribution in [-0.2, 0) is 0 Å². The molecule has 6 heteroatoms. The number of hydrogen-bond donors (Lipinski definition) is 1. The van der Waals surface area contributed by atoms with Gasteiger partial charge < -0.3 is 4.90 Å². The van der Waals surface area contributed by atoms with Crippen molar-refractivity contribution < 1.29 is 9.18 Å². The second kappa shape index (κ2) is 8.45. The second-order valence-electron chi connectivity index (χ2n) is 6.59. The number of piperidine rings is 1. The van der Waals surface area contributed by atoms with E-state index >= 15 is 0 Å². The monoisotopic (exact) mass is 364 g/mol. The molecule has 1 heterocycles. The number of carbonyl (C=O) groups excluding carboxylic acids is 1. The van der Waals surface area contributed by atoms with Gasteiger partial charge in [-0.1, -0.05) is 6.07 Å². The van der Waals surface area contributed by atoms with Crippen molar-refractivity contribution in [2.24, 2.45) is 5.10 Å². The minimum Gasteiger partial charge on any atom is -0.372 e. The van der Waals surface area contributed by atoms with E-state index in [1.807, 2.05) is 19.1 Å². The van der Waals surface area contributed by atoms with Gasteiger partial charge in [0.05, 0.1) is 23.4 Å². The standard InChI is InChI=1S/C21H21FN4O/c1-15-11-18(26-9-3-2-4-10-26)7-6-17(15)14-24-25-21(27)19-8-5-16(13-23)12-20(19)22/h5-8,11-12,14H,2-4,9-10H2,1H3,(H,25,27). The molecule has 1 saturated heterocycles. The fraction of sp³-hybridized carbons (Fsp3) is 0.286. The van der Waals surface area contributed by atoms with Gasteiger partial charge in [-0.3, -0.25) is 4.79 Å². The van der Waals surface area contributed by atoms with E-state index in [0.717, 1.165) is 30.3 Å². The first-order valence-corrected chi connectivity index (χ1v) is 8.97. The van der Waals surface area contributed by atoms with Gasteiger partial charge >= 0.3 is 0 Å². The number of benzene rings is 2. The van der Waals surface area contributed by atoms with Gasteiger partial charge in [0.15, 0.2) is 0 Å². The van der Waals surface area contributed by atoms with Crippen molar-refractivity contribution in [2.75, 3.05) is 18.0 Å². The number of nitriles is 1. The largest absolute Gasteiger partial charge is 0.372 e. The van der Waals surface area contributed by atoms with Crippen molar-refractivity contribution in [3.8, 4) is 6.07 Å².